The Morgan fingerprint density at radius 1 is 0.524 bits per heavy atom. The monoisotopic (exact) mass is 392 g/mol. The van der Waals surface area contributed by atoms with Crippen molar-refractivity contribution in [1.82, 2.24) is 0 Å². The molecule has 0 spiro atoms. The van der Waals surface area contributed by atoms with Crippen molar-refractivity contribution in [3.8, 4) is 0 Å². The molecule has 0 amide bonds. The van der Waals surface area contributed by atoms with E-state index >= 15 is 4.39 Å². The quantitative estimate of drug-likeness (QED) is 0.492. The van der Waals surface area contributed by atoms with E-state index in [4.69, 9.17) is 0 Å². The average molecular weight is 393 g/mol. The third kappa shape index (κ3) is 1.46. The molecule has 21 heavy (non-hydrogen) atoms. The molecule has 3 aliphatic rings. The molecule has 3 rings (SSSR count). The Balaban J connectivity index is 2.99. The molecule has 0 aromatic rings. The summed E-state index contributed by atoms with van der Waals surface area (Å²) in [5.41, 5.74) is 0. The van der Waals surface area contributed by atoms with Crippen LogP contribution < -0.4 is 0 Å². The normalized spacial score (nSPS) is 43.6. The van der Waals surface area contributed by atoms with Crippen molar-refractivity contribution in [2.24, 2.45) is 0 Å². The number of rotatable bonds is 0. The summed E-state index contributed by atoms with van der Waals surface area (Å²) >= 11 is 0. The summed E-state index contributed by atoms with van der Waals surface area (Å²) in [7, 11) is -9.80. The van der Waals surface area contributed by atoms with Gasteiger partial charge in [-0.3, -0.25) is 4.39 Å². The maximum atomic E-state index is 17.4. The van der Waals surface area contributed by atoms with E-state index < -0.39 is 50.1 Å². The molecule has 2 bridgehead atoms. The first-order chi connectivity index (χ1) is 8.87. The van der Waals surface area contributed by atoms with Crippen molar-refractivity contribution >= 4 is 45.5 Å². The smallest absolute Gasteiger partial charge is 0.0767 e. The minimum Gasteiger partial charge on any atom is -0.256 e. The van der Waals surface area contributed by atoms with Gasteiger partial charge in [0.15, 0.2) is 0 Å². The zero-order chi connectivity index (χ0) is 17.1. The molecule has 3 heterocycles. The topological polar surface area (TPSA) is 0 Å². The van der Waals surface area contributed by atoms with Crippen LogP contribution in [0.3, 0.4) is 0 Å². The van der Waals surface area contributed by atoms with Gasteiger partial charge < -0.3 is 0 Å². The van der Waals surface area contributed by atoms with Gasteiger partial charge in [0.1, 0.15) is 0 Å². The van der Waals surface area contributed by atoms with Crippen LogP contribution in [0.15, 0.2) is 0 Å². The molecule has 0 aromatic heterocycles. The third-order valence-electron chi connectivity index (χ3n) is 9.58. The summed E-state index contributed by atoms with van der Waals surface area (Å²) in [4.78, 5) is 1.07. The standard InChI is InChI=1S/C14H37FSi6/c1-16(2)13-17(3,4)20(9,10)14(15,19(16,7)8)21(11,12)18(13,5)6/h13H,1-12H3. The lowest BCUT2D eigenvalue weighted by atomic mass is 11.6. The molecular weight excluding hydrogens is 356 g/mol. The highest BCUT2D eigenvalue weighted by molar-refractivity contribution is 7.76. The van der Waals surface area contributed by atoms with Crippen LogP contribution in [-0.2, 0) is 0 Å². The van der Waals surface area contributed by atoms with Gasteiger partial charge in [0, 0.05) is 22.8 Å². The Morgan fingerprint density at radius 3 is 0.905 bits per heavy atom. The van der Waals surface area contributed by atoms with E-state index in [1.54, 1.807) is 0 Å². The van der Waals surface area contributed by atoms with Crippen LogP contribution in [0.1, 0.15) is 0 Å². The molecule has 0 saturated carbocycles. The summed E-state index contributed by atoms with van der Waals surface area (Å²) in [6.45, 7) is 30.7. The van der Waals surface area contributed by atoms with Crippen LogP contribution in [0.5, 0.6) is 0 Å². The van der Waals surface area contributed by atoms with Crippen molar-refractivity contribution in [2.45, 2.75) is 87.9 Å². The molecule has 0 aromatic carbocycles. The number of halogens is 1. The second-order valence-electron chi connectivity index (χ2n) is 11.1. The fourth-order valence-corrected chi connectivity index (χ4v) is 148. The maximum Gasteiger partial charge on any atom is 0.0767 e. The van der Waals surface area contributed by atoms with E-state index in [0.29, 0.717) is 0 Å². The Kier molecular flexibility index (Phi) is 3.60. The van der Waals surface area contributed by atoms with Gasteiger partial charge in [-0.1, -0.05) is 83.4 Å². The molecular formula is C14H37FSi6. The molecule has 124 valence electrons. The van der Waals surface area contributed by atoms with Gasteiger partial charge in [-0.05, 0) is 0 Å². The second-order valence-corrected chi connectivity index (χ2v) is 61.1. The third-order valence-corrected chi connectivity index (χ3v) is 97.4. The van der Waals surface area contributed by atoms with Gasteiger partial charge in [0.25, 0.3) is 0 Å². The number of alkyl halides is 1. The van der Waals surface area contributed by atoms with E-state index in [-0.39, 0.29) is 0 Å². The van der Waals surface area contributed by atoms with Crippen molar-refractivity contribution in [2.75, 3.05) is 0 Å². The summed E-state index contributed by atoms with van der Waals surface area (Å²) in [5.74, 6) is 0. The van der Waals surface area contributed by atoms with Crippen molar-refractivity contribution in [3.63, 3.8) is 0 Å². The molecule has 0 N–H and O–H groups in total. The molecule has 0 aliphatic carbocycles. The van der Waals surface area contributed by atoms with Gasteiger partial charge in [-0.2, -0.15) is 0 Å². The highest BCUT2D eigenvalue weighted by Gasteiger charge is 2.88. The lowest BCUT2D eigenvalue weighted by Gasteiger charge is -2.81. The largest absolute Gasteiger partial charge is 0.256 e. The van der Waals surface area contributed by atoms with E-state index in [2.05, 4.69) is 78.6 Å². The van der Waals surface area contributed by atoms with Crippen LogP contribution in [0, 0.1) is 0 Å². The SMILES string of the molecule is C[Si]1(C)C2[Si](C)(C)[Si](C)(C)C(F)([Si]1(C)C)[Si](C)(C)[Si]2(C)C. The first kappa shape index (κ1) is 18.6. The highest BCUT2D eigenvalue weighted by atomic mass is 29.4. The zero-order valence-electron chi connectivity index (χ0n) is 16.5. The first-order valence-corrected chi connectivity index (χ1v) is 29.8. The van der Waals surface area contributed by atoms with Crippen LogP contribution >= 0.6 is 0 Å². The Bertz CT molecular complexity index is 422. The van der Waals surface area contributed by atoms with Crippen LogP contribution in [0.25, 0.3) is 0 Å². The zero-order valence-corrected chi connectivity index (χ0v) is 22.5. The van der Waals surface area contributed by atoms with Gasteiger partial charge in [0.2, 0.25) is 0 Å². The van der Waals surface area contributed by atoms with Crippen LogP contribution in [-0.4, -0.2) is 50.1 Å². The van der Waals surface area contributed by atoms with E-state index in [1.807, 2.05) is 0 Å². The number of hydrogen-bond acceptors (Lipinski definition) is 0. The van der Waals surface area contributed by atoms with E-state index in [0.717, 1.165) is 4.79 Å². The van der Waals surface area contributed by atoms with Gasteiger partial charge in [-0.25, -0.2) is 0 Å². The van der Waals surface area contributed by atoms with Crippen LogP contribution in [0.2, 0.25) is 83.4 Å². The highest BCUT2D eigenvalue weighted by Crippen LogP contribution is 2.68. The van der Waals surface area contributed by atoms with Crippen molar-refractivity contribution in [1.29, 1.82) is 0 Å². The van der Waals surface area contributed by atoms with Gasteiger partial charge in [0.05, 0.1) is 27.3 Å². The predicted octanol–water partition coefficient (Wildman–Crippen LogP) is 5.27. The molecule has 0 unspecified atom stereocenters. The fraction of sp³-hybridized carbons (Fsp3) is 1.00. The maximum absolute atomic E-state index is 17.4. The average Bonchev–Trinajstić information content (AvgIpc) is 2.22. The number of hydrogen-bond donors (Lipinski definition) is 0. The van der Waals surface area contributed by atoms with Crippen molar-refractivity contribution < 1.29 is 4.39 Å². The second kappa shape index (κ2) is 4.07. The van der Waals surface area contributed by atoms with Crippen molar-refractivity contribution in [3.05, 3.63) is 0 Å². The molecule has 3 fully saturated rings. The molecule has 0 nitrogen and oxygen atoms in total. The lowest BCUT2D eigenvalue weighted by molar-refractivity contribution is 0.458. The minimum absolute atomic E-state index is 0.622. The number of fused-ring (bicyclic) bond motifs is 3. The minimum atomic E-state index is -1.81. The van der Waals surface area contributed by atoms with Gasteiger partial charge >= 0.3 is 0 Å². The lowest BCUT2D eigenvalue weighted by Crippen LogP contribution is -3.05. The Hall–Kier alpha value is 1.23. The summed E-state index contributed by atoms with van der Waals surface area (Å²) in [5, 5.41) is 0. The van der Waals surface area contributed by atoms with Crippen LogP contribution in [0.4, 0.5) is 4.39 Å². The summed E-state index contributed by atoms with van der Waals surface area (Å²) < 4.78 is 16.8. The molecule has 7 heteroatoms. The molecule has 0 atom stereocenters. The van der Waals surface area contributed by atoms with E-state index in [9.17, 15) is 0 Å². The Labute approximate surface area is 137 Å². The molecule has 3 saturated heterocycles. The molecule has 0 radical (unpaired) electrons. The summed E-state index contributed by atoms with van der Waals surface area (Å²) in [6.07, 6.45) is 0. The van der Waals surface area contributed by atoms with Gasteiger partial charge in [-0.15, -0.1) is 0 Å². The predicted molar refractivity (Wildman–Crippen MR) is 112 cm³/mol. The fourth-order valence-electron chi connectivity index (χ4n) is 7.46. The molecule has 3 aliphatic heterocycles. The van der Waals surface area contributed by atoms with E-state index in [1.165, 1.54) is 0 Å². The first-order valence-electron chi connectivity index (χ1n) is 8.56. The summed E-state index contributed by atoms with van der Waals surface area (Å²) in [6, 6.07) is 0. The Morgan fingerprint density at radius 2 is 0.714 bits per heavy atom.